The maximum absolute atomic E-state index is 12.5. The van der Waals surface area contributed by atoms with Crippen LogP contribution >= 0.6 is 11.6 Å². The van der Waals surface area contributed by atoms with E-state index in [2.05, 4.69) is 5.32 Å². The van der Waals surface area contributed by atoms with Gasteiger partial charge in [0.2, 0.25) is 10.0 Å². The van der Waals surface area contributed by atoms with Crippen molar-refractivity contribution in [3.8, 4) is 11.5 Å². The van der Waals surface area contributed by atoms with E-state index in [1.807, 2.05) is 13.8 Å². The lowest BCUT2D eigenvalue weighted by Crippen LogP contribution is -2.38. The van der Waals surface area contributed by atoms with Crippen molar-refractivity contribution >= 4 is 27.5 Å². The fourth-order valence-corrected chi connectivity index (χ4v) is 5.13. The molecule has 0 aromatic heterocycles. The van der Waals surface area contributed by atoms with Gasteiger partial charge in [-0.3, -0.25) is 4.79 Å². The second-order valence-corrected chi connectivity index (χ2v) is 10.2. The minimum atomic E-state index is -3.44. The van der Waals surface area contributed by atoms with Gasteiger partial charge >= 0.3 is 0 Å². The zero-order valence-corrected chi connectivity index (χ0v) is 20.1. The van der Waals surface area contributed by atoms with Gasteiger partial charge in [-0.05, 0) is 81.1 Å². The third-order valence-corrected chi connectivity index (χ3v) is 7.80. The summed E-state index contributed by atoms with van der Waals surface area (Å²) in [6.45, 7) is 7.13. The molecule has 1 aliphatic heterocycles. The zero-order chi connectivity index (χ0) is 23.3. The van der Waals surface area contributed by atoms with Crippen molar-refractivity contribution in [1.82, 2.24) is 9.62 Å². The quantitative estimate of drug-likeness (QED) is 0.553. The Labute approximate surface area is 194 Å². The maximum atomic E-state index is 12.5. The number of ether oxygens (including phenoxy) is 2. The van der Waals surface area contributed by atoms with Gasteiger partial charge in [0, 0.05) is 18.1 Å². The first-order valence-corrected chi connectivity index (χ1v) is 12.4. The van der Waals surface area contributed by atoms with Gasteiger partial charge in [0.1, 0.15) is 18.1 Å². The Hall–Kier alpha value is -2.29. The van der Waals surface area contributed by atoms with Crippen molar-refractivity contribution in [2.75, 3.05) is 26.2 Å². The number of rotatable bonds is 9. The van der Waals surface area contributed by atoms with Crippen molar-refractivity contribution in [3.63, 3.8) is 0 Å². The highest BCUT2D eigenvalue weighted by Crippen LogP contribution is 2.26. The molecule has 0 spiro atoms. The lowest BCUT2D eigenvalue weighted by Gasteiger charge is -2.17. The molecule has 174 valence electrons. The number of halogens is 1. The molecule has 32 heavy (non-hydrogen) atoms. The van der Waals surface area contributed by atoms with Crippen LogP contribution in [0.3, 0.4) is 0 Å². The van der Waals surface area contributed by atoms with E-state index in [1.54, 1.807) is 43.3 Å². The molecule has 1 saturated heterocycles. The number of benzene rings is 2. The predicted molar refractivity (Wildman–Crippen MR) is 124 cm³/mol. The van der Waals surface area contributed by atoms with Crippen molar-refractivity contribution in [2.45, 2.75) is 44.6 Å². The normalized spacial score (nSPS) is 15.4. The highest BCUT2D eigenvalue weighted by Gasteiger charge is 2.27. The van der Waals surface area contributed by atoms with E-state index >= 15 is 0 Å². The van der Waals surface area contributed by atoms with Crippen LogP contribution in [0.2, 0.25) is 5.02 Å². The van der Waals surface area contributed by atoms with Gasteiger partial charge in [-0.15, -0.1) is 0 Å². The summed E-state index contributed by atoms with van der Waals surface area (Å²) in [4.78, 5) is 12.6. The first kappa shape index (κ1) is 24.4. The highest BCUT2D eigenvalue weighted by molar-refractivity contribution is 7.89. The summed E-state index contributed by atoms with van der Waals surface area (Å²) in [5.41, 5.74) is 1.78. The maximum Gasteiger partial charge on any atom is 0.260 e. The number of hydrogen-bond acceptors (Lipinski definition) is 5. The molecule has 1 atom stereocenters. The van der Waals surface area contributed by atoms with Crippen LogP contribution < -0.4 is 14.8 Å². The van der Waals surface area contributed by atoms with E-state index in [0.717, 1.165) is 24.0 Å². The Morgan fingerprint density at radius 1 is 1.09 bits per heavy atom. The molecule has 0 radical (unpaired) electrons. The molecular formula is C23H29ClN2O5S. The number of sulfonamides is 1. The van der Waals surface area contributed by atoms with Gasteiger partial charge in [-0.1, -0.05) is 11.6 Å². The molecular weight excluding hydrogens is 452 g/mol. The third kappa shape index (κ3) is 5.94. The Bertz CT molecular complexity index is 1030. The molecule has 2 aromatic rings. The second-order valence-electron chi connectivity index (χ2n) is 7.85. The van der Waals surface area contributed by atoms with Crippen LogP contribution in [0.15, 0.2) is 41.3 Å². The Kier molecular flexibility index (Phi) is 8.03. The SMILES string of the molecule is Cc1cc(OC(C)C(=O)NCCOc2ccc(S(=O)(=O)N3CCCC3)cc2)cc(C)c1Cl. The second kappa shape index (κ2) is 10.6. The number of carbonyl (C=O) groups excluding carboxylic acids is 1. The monoisotopic (exact) mass is 480 g/mol. The molecule has 1 fully saturated rings. The number of hydrogen-bond donors (Lipinski definition) is 1. The van der Waals surface area contributed by atoms with Gasteiger partial charge in [0.15, 0.2) is 6.10 Å². The lowest BCUT2D eigenvalue weighted by atomic mass is 10.1. The molecule has 0 saturated carbocycles. The topological polar surface area (TPSA) is 84.9 Å². The largest absolute Gasteiger partial charge is 0.492 e. The van der Waals surface area contributed by atoms with E-state index in [0.29, 0.717) is 36.2 Å². The lowest BCUT2D eigenvalue weighted by molar-refractivity contribution is -0.127. The number of carbonyl (C=O) groups is 1. The summed E-state index contributed by atoms with van der Waals surface area (Å²) in [5, 5.41) is 3.46. The summed E-state index contributed by atoms with van der Waals surface area (Å²) >= 11 is 6.16. The standard InChI is InChI=1S/C23H29ClN2O5S/c1-16-14-20(15-17(2)22(16)24)31-18(3)23(27)25-10-13-30-19-6-8-21(9-7-19)32(28,29)26-11-4-5-12-26/h6-9,14-15,18H,4-5,10-13H2,1-3H3,(H,25,27). The fraction of sp³-hybridized carbons (Fsp3) is 0.435. The molecule has 0 bridgehead atoms. The summed E-state index contributed by atoms with van der Waals surface area (Å²) in [5.74, 6) is 0.870. The Balaban J connectivity index is 1.44. The molecule has 1 N–H and O–H groups in total. The average molecular weight is 481 g/mol. The molecule has 7 nitrogen and oxygen atoms in total. The molecule has 9 heteroatoms. The van der Waals surface area contributed by atoms with E-state index in [1.165, 1.54) is 4.31 Å². The molecule has 0 aliphatic carbocycles. The van der Waals surface area contributed by atoms with E-state index < -0.39 is 16.1 Å². The van der Waals surface area contributed by atoms with Crippen LogP contribution in [-0.2, 0) is 14.8 Å². The third-order valence-electron chi connectivity index (χ3n) is 5.29. The highest BCUT2D eigenvalue weighted by atomic mass is 35.5. The first-order chi connectivity index (χ1) is 15.2. The molecule has 2 aromatic carbocycles. The van der Waals surface area contributed by atoms with Crippen LogP contribution in [0.1, 0.15) is 30.9 Å². The number of nitrogens with one attached hydrogen (secondary N) is 1. The number of nitrogens with zero attached hydrogens (tertiary/aromatic N) is 1. The van der Waals surface area contributed by atoms with Crippen molar-refractivity contribution in [2.24, 2.45) is 0 Å². The van der Waals surface area contributed by atoms with E-state index in [4.69, 9.17) is 21.1 Å². The molecule has 3 rings (SSSR count). The van der Waals surface area contributed by atoms with Crippen LogP contribution in [0.4, 0.5) is 0 Å². The van der Waals surface area contributed by atoms with Gasteiger partial charge in [0.25, 0.3) is 5.91 Å². The van der Waals surface area contributed by atoms with Crippen molar-refractivity contribution in [1.29, 1.82) is 0 Å². The minimum Gasteiger partial charge on any atom is -0.492 e. The van der Waals surface area contributed by atoms with Crippen LogP contribution in [0.5, 0.6) is 11.5 Å². The van der Waals surface area contributed by atoms with E-state index in [9.17, 15) is 13.2 Å². The van der Waals surface area contributed by atoms with Crippen molar-refractivity contribution < 1.29 is 22.7 Å². The Morgan fingerprint density at radius 2 is 1.69 bits per heavy atom. The van der Waals surface area contributed by atoms with Gasteiger partial charge in [-0.2, -0.15) is 4.31 Å². The smallest absolute Gasteiger partial charge is 0.260 e. The molecule has 1 amide bonds. The van der Waals surface area contributed by atoms with Crippen molar-refractivity contribution in [3.05, 3.63) is 52.5 Å². The predicted octanol–water partition coefficient (Wildman–Crippen LogP) is 3.70. The summed E-state index contributed by atoms with van der Waals surface area (Å²) in [7, 11) is -3.44. The molecule has 1 unspecified atom stereocenters. The minimum absolute atomic E-state index is 0.246. The van der Waals surface area contributed by atoms with Crippen LogP contribution in [0, 0.1) is 13.8 Å². The first-order valence-electron chi connectivity index (χ1n) is 10.6. The number of aryl methyl sites for hydroxylation is 2. The Morgan fingerprint density at radius 3 is 2.28 bits per heavy atom. The number of amides is 1. The van der Waals surface area contributed by atoms with Crippen LogP contribution in [0.25, 0.3) is 0 Å². The summed E-state index contributed by atoms with van der Waals surface area (Å²) in [6.07, 6.45) is 1.12. The van der Waals surface area contributed by atoms with E-state index in [-0.39, 0.29) is 17.4 Å². The zero-order valence-electron chi connectivity index (χ0n) is 18.6. The van der Waals surface area contributed by atoms with Crippen LogP contribution in [-0.4, -0.2) is 51.0 Å². The molecule has 1 heterocycles. The average Bonchev–Trinajstić information content (AvgIpc) is 3.31. The summed E-state index contributed by atoms with van der Waals surface area (Å²) < 4.78 is 37.9. The van der Waals surface area contributed by atoms with Gasteiger partial charge in [-0.25, -0.2) is 8.42 Å². The fourth-order valence-electron chi connectivity index (χ4n) is 3.50. The molecule has 1 aliphatic rings. The van der Waals surface area contributed by atoms with Gasteiger partial charge < -0.3 is 14.8 Å². The summed E-state index contributed by atoms with van der Waals surface area (Å²) in [6, 6.07) is 9.95. The van der Waals surface area contributed by atoms with Gasteiger partial charge in [0.05, 0.1) is 11.4 Å².